The molecule has 17 nitrogen and oxygen atoms in total. The number of hydrogen-bond donors (Lipinski definition) is 3. The predicted molar refractivity (Wildman–Crippen MR) is 405 cm³/mol. The average molecular weight is 1450 g/mol. The lowest BCUT2D eigenvalue weighted by molar-refractivity contribution is -0.161. The molecule has 19 heteroatoms. The third-order valence-electron chi connectivity index (χ3n) is 18.6. The topological polar surface area (TPSA) is 237 Å². The highest BCUT2D eigenvalue weighted by Gasteiger charge is 2.30. The molecule has 0 aliphatic heterocycles. The molecule has 0 saturated carbocycles. The number of esters is 4. The molecule has 0 amide bonds. The highest BCUT2D eigenvalue weighted by Crippen LogP contribution is 2.45. The molecule has 0 saturated heterocycles. The van der Waals surface area contributed by atoms with Crippen molar-refractivity contribution in [1.29, 1.82) is 0 Å². The fraction of sp³-hybridized carbons (Fsp3) is 0.950. The van der Waals surface area contributed by atoms with Gasteiger partial charge in [0.1, 0.15) is 19.3 Å². The van der Waals surface area contributed by atoms with Crippen LogP contribution in [0.1, 0.15) is 414 Å². The Bertz CT molecular complexity index is 1920. The van der Waals surface area contributed by atoms with Crippen LogP contribution in [0.3, 0.4) is 0 Å². The first-order valence-electron chi connectivity index (χ1n) is 41.3. The zero-order chi connectivity index (χ0) is 73.0. The summed E-state index contributed by atoms with van der Waals surface area (Å²) in [6, 6.07) is 0. The molecule has 0 fully saturated rings. The van der Waals surface area contributed by atoms with Gasteiger partial charge >= 0.3 is 39.5 Å². The minimum absolute atomic E-state index is 0.107. The van der Waals surface area contributed by atoms with Crippen molar-refractivity contribution in [3.05, 3.63) is 0 Å². The van der Waals surface area contributed by atoms with Crippen LogP contribution in [0.2, 0.25) is 0 Å². The van der Waals surface area contributed by atoms with Crippen LogP contribution in [0.4, 0.5) is 0 Å². The number of carbonyl (C=O) groups is 4. The van der Waals surface area contributed by atoms with Gasteiger partial charge in [0.2, 0.25) is 0 Å². The molecule has 0 rings (SSSR count). The Morgan fingerprint density at radius 2 is 0.465 bits per heavy atom. The Balaban J connectivity index is 5.26. The van der Waals surface area contributed by atoms with E-state index in [1.54, 1.807) is 0 Å². The third-order valence-corrected chi connectivity index (χ3v) is 20.5. The quantitative estimate of drug-likeness (QED) is 0.0222. The molecule has 0 aliphatic carbocycles. The first-order chi connectivity index (χ1) is 47.7. The molecule has 0 aromatic heterocycles. The summed E-state index contributed by atoms with van der Waals surface area (Å²) in [5.41, 5.74) is 0. The van der Waals surface area contributed by atoms with E-state index in [0.29, 0.717) is 25.7 Å². The standard InChI is InChI=1S/C80H156O17P2/c1-8-9-10-11-12-13-14-19-27-34-42-49-56-63-79(84)97-76(68-91-78(83)62-55-48-41-36-29-32-39-46-53-60-73(6)7)70-95-99(88,89)93-66-74(81)65-92-98(86,87)94-69-75(96-80(85)64-57-50-43-35-28-23-18-16-21-25-31-38-45-52-59-72(4)5)67-90-77(82)61-54-47-40-33-26-22-17-15-20-24-30-37-44-51-58-71(2)3/h71-76,81H,8-70H2,1-7H3,(H,86,87)(H,88,89)/t74-,75-,76-/m1/s1. The number of phosphoric acid groups is 2. The highest BCUT2D eigenvalue weighted by atomic mass is 31.2. The summed E-state index contributed by atoms with van der Waals surface area (Å²) in [4.78, 5) is 73.0. The van der Waals surface area contributed by atoms with E-state index >= 15 is 0 Å². The molecule has 0 heterocycles. The molecule has 0 aromatic carbocycles. The lowest BCUT2D eigenvalue weighted by Gasteiger charge is -2.21. The minimum atomic E-state index is -4.96. The van der Waals surface area contributed by atoms with Crippen LogP contribution < -0.4 is 0 Å². The van der Waals surface area contributed by atoms with Crippen molar-refractivity contribution in [3.8, 4) is 0 Å². The zero-order valence-electron chi connectivity index (χ0n) is 65.0. The number of aliphatic hydroxyl groups is 1. The van der Waals surface area contributed by atoms with E-state index in [2.05, 4.69) is 48.5 Å². The van der Waals surface area contributed by atoms with E-state index in [4.69, 9.17) is 37.0 Å². The number of hydrogen-bond acceptors (Lipinski definition) is 15. The van der Waals surface area contributed by atoms with Gasteiger partial charge in [0.15, 0.2) is 12.2 Å². The Kier molecular flexibility index (Phi) is 69.0. The summed E-state index contributed by atoms with van der Waals surface area (Å²) in [6.45, 7) is 12.0. The van der Waals surface area contributed by atoms with Crippen molar-refractivity contribution >= 4 is 39.5 Å². The van der Waals surface area contributed by atoms with Gasteiger partial charge in [-0.25, -0.2) is 9.13 Å². The van der Waals surface area contributed by atoms with Crippen LogP contribution in [-0.2, 0) is 65.4 Å². The van der Waals surface area contributed by atoms with Gasteiger partial charge in [0.25, 0.3) is 0 Å². The summed E-state index contributed by atoms with van der Waals surface area (Å²) in [6.07, 6.45) is 58.1. The highest BCUT2D eigenvalue weighted by molar-refractivity contribution is 7.47. The Hall–Kier alpha value is -1.94. The van der Waals surface area contributed by atoms with Gasteiger partial charge in [-0.15, -0.1) is 0 Å². The second-order valence-electron chi connectivity index (χ2n) is 30.2. The van der Waals surface area contributed by atoms with E-state index in [-0.39, 0.29) is 25.7 Å². The molecular weight excluding hydrogens is 1290 g/mol. The van der Waals surface area contributed by atoms with Crippen LogP contribution in [-0.4, -0.2) is 96.7 Å². The van der Waals surface area contributed by atoms with Gasteiger partial charge in [0.05, 0.1) is 26.4 Å². The van der Waals surface area contributed by atoms with Crippen LogP contribution in [0, 0.1) is 17.8 Å². The molecule has 0 aliphatic rings. The second-order valence-corrected chi connectivity index (χ2v) is 33.1. The van der Waals surface area contributed by atoms with Gasteiger partial charge in [-0.3, -0.25) is 37.3 Å². The molecule has 2 unspecified atom stereocenters. The molecule has 0 radical (unpaired) electrons. The SMILES string of the molecule is CCCCCCCCCCCCCCCC(=O)O[C@H](COC(=O)CCCCCCCCCCCC(C)C)COP(=O)(O)OC[C@H](O)COP(=O)(O)OC[C@@H](COC(=O)CCCCCCCCCCCCCCCCC(C)C)OC(=O)CCCCCCCCCCCCCCCCC(C)C. The third kappa shape index (κ3) is 74.1. The number of phosphoric ester groups is 2. The number of aliphatic hydroxyl groups excluding tert-OH is 1. The van der Waals surface area contributed by atoms with E-state index in [1.165, 1.54) is 225 Å². The van der Waals surface area contributed by atoms with Crippen molar-refractivity contribution < 1.29 is 80.2 Å². The van der Waals surface area contributed by atoms with Gasteiger partial charge in [0, 0.05) is 25.7 Å². The summed E-state index contributed by atoms with van der Waals surface area (Å²) in [7, 11) is -9.92. The number of ether oxygens (including phenoxy) is 4. The number of unbranched alkanes of at least 4 members (excludes halogenated alkanes) is 46. The molecular formula is C80H156O17P2. The minimum Gasteiger partial charge on any atom is -0.462 e. The number of carbonyl (C=O) groups excluding carboxylic acids is 4. The summed E-state index contributed by atoms with van der Waals surface area (Å²) < 4.78 is 68.7. The van der Waals surface area contributed by atoms with E-state index in [0.717, 1.165) is 108 Å². The van der Waals surface area contributed by atoms with Gasteiger partial charge < -0.3 is 33.8 Å². The van der Waals surface area contributed by atoms with Crippen LogP contribution in [0.25, 0.3) is 0 Å². The lowest BCUT2D eigenvalue weighted by Crippen LogP contribution is -2.30. The fourth-order valence-electron chi connectivity index (χ4n) is 12.3. The van der Waals surface area contributed by atoms with Crippen molar-refractivity contribution in [2.75, 3.05) is 39.6 Å². The fourth-order valence-corrected chi connectivity index (χ4v) is 13.9. The maximum Gasteiger partial charge on any atom is 0.472 e. The monoisotopic (exact) mass is 1450 g/mol. The normalized spacial score (nSPS) is 14.0. The first-order valence-corrected chi connectivity index (χ1v) is 44.3. The Morgan fingerprint density at radius 3 is 0.687 bits per heavy atom. The molecule has 5 atom stereocenters. The maximum atomic E-state index is 13.1. The predicted octanol–water partition coefficient (Wildman–Crippen LogP) is 23.7. The molecule has 0 aromatic rings. The molecule has 0 spiro atoms. The average Bonchev–Trinajstić information content (AvgIpc) is 1.18. The van der Waals surface area contributed by atoms with E-state index < -0.39 is 97.5 Å². The largest absolute Gasteiger partial charge is 0.472 e. The van der Waals surface area contributed by atoms with Gasteiger partial charge in [-0.1, -0.05) is 363 Å². The number of rotatable bonds is 78. The van der Waals surface area contributed by atoms with Crippen molar-refractivity contribution in [2.45, 2.75) is 433 Å². The molecule has 588 valence electrons. The van der Waals surface area contributed by atoms with Gasteiger partial charge in [-0.2, -0.15) is 0 Å². The van der Waals surface area contributed by atoms with Crippen molar-refractivity contribution in [3.63, 3.8) is 0 Å². The van der Waals surface area contributed by atoms with E-state index in [1.807, 2.05) is 0 Å². The van der Waals surface area contributed by atoms with Crippen molar-refractivity contribution in [2.24, 2.45) is 17.8 Å². The van der Waals surface area contributed by atoms with Crippen LogP contribution in [0.15, 0.2) is 0 Å². The smallest absolute Gasteiger partial charge is 0.462 e. The summed E-state index contributed by atoms with van der Waals surface area (Å²) in [5, 5.41) is 10.6. The Morgan fingerprint density at radius 1 is 0.273 bits per heavy atom. The molecule has 3 N–H and O–H groups in total. The van der Waals surface area contributed by atoms with Crippen LogP contribution in [0.5, 0.6) is 0 Å². The summed E-state index contributed by atoms with van der Waals surface area (Å²) >= 11 is 0. The lowest BCUT2D eigenvalue weighted by atomic mass is 10.0. The zero-order valence-corrected chi connectivity index (χ0v) is 66.8. The molecule has 99 heavy (non-hydrogen) atoms. The second kappa shape index (κ2) is 70.4. The summed E-state index contributed by atoms with van der Waals surface area (Å²) in [5.74, 6) is 0.228. The molecule has 0 bridgehead atoms. The van der Waals surface area contributed by atoms with Gasteiger partial charge in [-0.05, 0) is 43.4 Å². The van der Waals surface area contributed by atoms with Crippen LogP contribution >= 0.6 is 15.6 Å². The Labute approximate surface area is 607 Å². The van der Waals surface area contributed by atoms with Crippen molar-refractivity contribution in [1.82, 2.24) is 0 Å². The van der Waals surface area contributed by atoms with E-state index in [9.17, 15) is 43.2 Å². The first kappa shape index (κ1) is 97.1. The maximum absolute atomic E-state index is 13.1.